The van der Waals surface area contributed by atoms with Crippen molar-refractivity contribution in [1.29, 1.82) is 0 Å². The number of hydrogen-bond donors (Lipinski definition) is 1. The molecule has 0 aliphatic heterocycles. The third-order valence-electron chi connectivity index (χ3n) is 3.17. The van der Waals surface area contributed by atoms with Gasteiger partial charge in [0.2, 0.25) is 0 Å². The number of benzene rings is 1. The number of aryl methyl sites for hydroxylation is 1. The molecule has 0 amide bonds. The molecule has 0 aliphatic rings. The average molecular weight is 294 g/mol. The van der Waals surface area contributed by atoms with E-state index in [1.165, 1.54) is 5.69 Å². The second-order valence-electron chi connectivity index (χ2n) is 4.82. The van der Waals surface area contributed by atoms with Crippen molar-refractivity contribution in [2.24, 2.45) is 0 Å². The lowest BCUT2D eigenvalue weighted by Crippen LogP contribution is -2.15. The van der Waals surface area contributed by atoms with Crippen LogP contribution in [-0.2, 0) is 19.6 Å². The van der Waals surface area contributed by atoms with Crippen molar-refractivity contribution in [1.82, 2.24) is 9.88 Å². The van der Waals surface area contributed by atoms with Crippen molar-refractivity contribution in [3.8, 4) is 5.75 Å². The van der Waals surface area contributed by atoms with E-state index in [0.29, 0.717) is 6.54 Å². The lowest BCUT2D eigenvalue weighted by Gasteiger charge is -2.10. The fourth-order valence-corrected chi connectivity index (χ4v) is 2.19. The highest BCUT2D eigenvalue weighted by Gasteiger charge is 2.04. The third kappa shape index (κ3) is 4.86. The lowest BCUT2D eigenvalue weighted by atomic mass is 10.2. The molecule has 0 bridgehead atoms. The maximum Gasteiger partial charge on any atom is 0.387 e. The minimum Gasteiger partial charge on any atom is -0.435 e. The predicted octanol–water partition coefficient (Wildman–Crippen LogP) is 3.79. The van der Waals surface area contributed by atoms with Gasteiger partial charge in [-0.1, -0.05) is 19.1 Å². The number of rotatable bonds is 8. The Morgan fingerprint density at radius 3 is 2.57 bits per heavy atom. The summed E-state index contributed by atoms with van der Waals surface area (Å²) in [6, 6.07) is 10.8. The summed E-state index contributed by atoms with van der Waals surface area (Å²) >= 11 is 0. The second-order valence-corrected chi connectivity index (χ2v) is 4.82. The lowest BCUT2D eigenvalue weighted by molar-refractivity contribution is -0.0498. The number of nitrogens with zero attached hydrogens (tertiary/aromatic N) is 1. The molecule has 1 N–H and O–H groups in total. The van der Waals surface area contributed by atoms with Crippen LogP contribution in [0, 0.1) is 0 Å². The minimum absolute atomic E-state index is 0.186. The maximum atomic E-state index is 12.0. The predicted molar refractivity (Wildman–Crippen MR) is 78.3 cm³/mol. The summed E-state index contributed by atoms with van der Waals surface area (Å²) in [5.41, 5.74) is 2.28. The Morgan fingerprint density at radius 2 is 1.90 bits per heavy atom. The Balaban J connectivity index is 1.81. The highest BCUT2D eigenvalue weighted by Crippen LogP contribution is 2.15. The molecule has 3 nitrogen and oxygen atoms in total. The van der Waals surface area contributed by atoms with Gasteiger partial charge < -0.3 is 14.6 Å². The van der Waals surface area contributed by atoms with Gasteiger partial charge in [0.05, 0.1) is 0 Å². The number of alkyl halides is 2. The Labute approximate surface area is 123 Å². The normalized spacial score (nSPS) is 11.0. The average Bonchev–Trinajstić information content (AvgIpc) is 2.88. The van der Waals surface area contributed by atoms with E-state index < -0.39 is 6.61 Å². The highest BCUT2D eigenvalue weighted by atomic mass is 19.3. The van der Waals surface area contributed by atoms with Gasteiger partial charge >= 0.3 is 6.61 Å². The van der Waals surface area contributed by atoms with E-state index in [4.69, 9.17) is 0 Å². The van der Waals surface area contributed by atoms with Crippen LogP contribution in [0.15, 0.2) is 42.6 Å². The zero-order valence-electron chi connectivity index (χ0n) is 12.1. The van der Waals surface area contributed by atoms with Gasteiger partial charge in [0.15, 0.2) is 0 Å². The SMILES string of the molecule is CCCn1cccc1CNCc1ccc(OC(F)F)cc1. The monoisotopic (exact) mass is 294 g/mol. The van der Waals surface area contributed by atoms with Gasteiger partial charge in [0.25, 0.3) is 0 Å². The third-order valence-corrected chi connectivity index (χ3v) is 3.17. The van der Waals surface area contributed by atoms with E-state index in [0.717, 1.165) is 25.1 Å². The van der Waals surface area contributed by atoms with Crippen LogP contribution in [0.3, 0.4) is 0 Å². The Morgan fingerprint density at radius 1 is 1.14 bits per heavy atom. The van der Waals surface area contributed by atoms with Gasteiger partial charge in [-0.25, -0.2) is 0 Å². The molecule has 0 saturated carbocycles. The van der Waals surface area contributed by atoms with Gasteiger partial charge in [-0.3, -0.25) is 0 Å². The van der Waals surface area contributed by atoms with Crippen LogP contribution in [0.4, 0.5) is 8.78 Å². The number of halogens is 2. The summed E-state index contributed by atoms with van der Waals surface area (Å²) in [6.07, 6.45) is 3.18. The zero-order chi connectivity index (χ0) is 15.1. The van der Waals surface area contributed by atoms with Crippen LogP contribution in [0.1, 0.15) is 24.6 Å². The Bertz CT molecular complexity index is 537. The van der Waals surface area contributed by atoms with Crippen molar-refractivity contribution in [3.63, 3.8) is 0 Å². The molecule has 0 saturated heterocycles. The molecule has 0 aliphatic carbocycles. The van der Waals surface area contributed by atoms with Crippen molar-refractivity contribution >= 4 is 0 Å². The molecule has 114 valence electrons. The summed E-state index contributed by atoms with van der Waals surface area (Å²) < 4.78 is 30.6. The van der Waals surface area contributed by atoms with Gasteiger partial charge in [-0.2, -0.15) is 8.78 Å². The fourth-order valence-electron chi connectivity index (χ4n) is 2.19. The van der Waals surface area contributed by atoms with Gasteiger partial charge in [0.1, 0.15) is 5.75 Å². The molecule has 21 heavy (non-hydrogen) atoms. The molecule has 0 atom stereocenters. The van der Waals surface area contributed by atoms with Crippen LogP contribution < -0.4 is 10.1 Å². The van der Waals surface area contributed by atoms with E-state index in [-0.39, 0.29) is 5.75 Å². The number of ether oxygens (including phenoxy) is 1. The quantitative estimate of drug-likeness (QED) is 0.801. The largest absolute Gasteiger partial charge is 0.435 e. The van der Waals surface area contributed by atoms with Gasteiger partial charge in [-0.15, -0.1) is 0 Å². The van der Waals surface area contributed by atoms with Crippen LogP contribution >= 0.6 is 0 Å². The summed E-state index contributed by atoms with van der Waals surface area (Å²) in [5, 5.41) is 3.35. The highest BCUT2D eigenvalue weighted by molar-refractivity contribution is 5.27. The van der Waals surface area contributed by atoms with Crippen LogP contribution in [0.25, 0.3) is 0 Å². The van der Waals surface area contributed by atoms with Crippen LogP contribution in [0.5, 0.6) is 5.75 Å². The van der Waals surface area contributed by atoms with Crippen molar-refractivity contribution in [2.75, 3.05) is 0 Å². The van der Waals surface area contributed by atoms with E-state index >= 15 is 0 Å². The molecule has 1 aromatic carbocycles. The first-order valence-corrected chi connectivity index (χ1v) is 7.07. The standard InChI is InChI=1S/C16H20F2N2O/c1-2-9-20-10-3-4-14(20)12-19-11-13-5-7-15(8-6-13)21-16(17)18/h3-8,10,16,19H,2,9,11-12H2,1H3. The molecular formula is C16H20F2N2O. The fraction of sp³-hybridized carbons (Fsp3) is 0.375. The van der Waals surface area contributed by atoms with E-state index in [9.17, 15) is 8.78 Å². The molecule has 1 aromatic heterocycles. The Hall–Kier alpha value is -1.88. The number of aromatic nitrogens is 1. The topological polar surface area (TPSA) is 26.2 Å². The molecule has 0 unspecified atom stereocenters. The molecule has 2 rings (SSSR count). The smallest absolute Gasteiger partial charge is 0.387 e. The summed E-state index contributed by atoms with van der Waals surface area (Å²) in [4.78, 5) is 0. The molecule has 0 fully saturated rings. The van der Waals surface area contributed by atoms with Crippen LogP contribution in [-0.4, -0.2) is 11.2 Å². The molecule has 0 radical (unpaired) electrons. The van der Waals surface area contributed by atoms with Gasteiger partial charge in [-0.05, 0) is 36.2 Å². The zero-order valence-corrected chi connectivity index (χ0v) is 12.1. The Kier molecular flexibility index (Phi) is 5.75. The molecule has 1 heterocycles. The first-order chi connectivity index (χ1) is 10.2. The van der Waals surface area contributed by atoms with Crippen molar-refractivity contribution < 1.29 is 13.5 Å². The van der Waals surface area contributed by atoms with E-state index in [2.05, 4.69) is 33.8 Å². The molecule has 5 heteroatoms. The molecular weight excluding hydrogens is 274 g/mol. The second kappa shape index (κ2) is 7.78. The van der Waals surface area contributed by atoms with E-state index in [1.54, 1.807) is 24.3 Å². The number of hydrogen-bond acceptors (Lipinski definition) is 2. The maximum absolute atomic E-state index is 12.0. The summed E-state index contributed by atoms with van der Waals surface area (Å²) in [5.74, 6) is 0.186. The molecule has 0 spiro atoms. The van der Waals surface area contributed by atoms with Crippen LogP contribution in [0.2, 0.25) is 0 Å². The molecule has 2 aromatic rings. The van der Waals surface area contributed by atoms with Crippen molar-refractivity contribution in [2.45, 2.75) is 39.6 Å². The number of nitrogens with one attached hydrogen (secondary N) is 1. The first kappa shape index (κ1) is 15.5. The summed E-state index contributed by atoms with van der Waals surface area (Å²) in [6.45, 7) is 1.86. The van der Waals surface area contributed by atoms with Gasteiger partial charge in [0, 0.05) is 31.5 Å². The van der Waals surface area contributed by atoms with E-state index in [1.807, 2.05) is 6.07 Å². The first-order valence-electron chi connectivity index (χ1n) is 7.07. The van der Waals surface area contributed by atoms with Crippen molar-refractivity contribution in [3.05, 3.63) is 53.9 Å². The summed E-state index contributed by atoms with van der Waals surface area (Å²) in [7, 11) is 0. The minimum atomic E-state index is -2.78.